The van der Waals surface area contributed by atoms with Crippen molar-refractivity contribution in [2.24, 2.45) is 0 Å². The van der Waals surface area contributed by atoms with Crippen LogP contribution < -0.4 is 0 Å². The van der Waals surface area contributed by atoms with Gasteiger partial charge in [0.05, 0.1) is 0 Å². The minimum Gasteiger partial charge on any atom is -0.445 e. The molecule has 1 heterocycles. The lowest BCUT2D eigenvalue weighted by Gasteiger charge is -2.32. The molecule has 0 bridgehead atoms. The van der Waals surface area contributed by atoms with Gasteiger partial charge in [-0.15, -0.1) is 0 Å². The standard InChI is InChI=1S/C22H25NO4/c1-13-10-18-19(21(25)16(4)15(3)20(18)24)11-14(2)23(13)22(26)27-12-17-8-6-5-7-9-17/h5-9,13-14H,10-12H2,1-4H3/t13-,14+. The highest BCUT2D eigenvalue weighted by Crippen LogP contribution is 2.35. The summed E-state index contributed by atoms with van der Waals surface area (Å²) in [4.78, 5) is 39.8. The lowest BCUT2D eigenvalue weighted by atomic mass is 9.82. The second-order valence-corrected chi connectivity index (χ2v) is 7.42. The van der Waals surface area contributed by atoms with Crippen molar-refractivity contribution in [1.29, 1.82) is 0 Å². The highest BCUT2D eigenvalue weighted by molar-refractivity contribution is 6.24. The van der Waals surface area contributed by atoms with Gasteiger partial charge in [-0.3, -0.25) is 9.59 Å². The van der Waals surface area contributed by atoms with Crippen LogP contribution >= 0.6 is 0 Å². The van der Waals surface area contributed by atoms with Gasteiger partial charge in [0.25, 0.3) is 0 Å². The van der Waals surface area contributed by atoms with Crippen LogP contribution in [0, 0.1) is 0 Å². The first-order chi connectivity index (χ1) is 12.8. The summed E-state index contributed by atoms with van der Waals surface area (Å²) in [6, 6.07) is 9.05. The molecule has 5 heteroatoms. The Morgan fingerprint density at radius 2 is 1.44 bits per heavy atom. The van der Waals surface area contributed by atoms with E-state index in [9.17, 15) is 14.4 Å². The fourth-order valence-electron chi connectivity index (χ4n) is 3.87. The van der Waals surface area contributed by atoms with Gasteiger partial charge in [-0.2, -0.15) is 0 Å². The number of nitrogens with zero attached hydrogens (tertiary/aromatic N) is 1. The molecule has 5 nitrogen and oxygen atoms in total. The van der Waals surface area contributed by atoms with Crippen LogP contribution in [0.3, 0.4) is 0 Å². The Bertz CT molecular complexity index is 808. The molecule has 1 aliphatic carbocycles. The van der Waals surface area contributed by atoms with E-state index in [1.54, 1.807) is 18.7 Å². The molecule has 2 atom stereocenters. The highest BCUT2D eigenvalue weighted by atomic mass is 16.6. The summed E-state index contributed by atoms with van der Waals surface area (Å²) in [5, 5.41) is 0. The molecule has 0 fully saturated rings. The highest BCUT2D eigenvalue weighted by Gasteiger charge is 2.38. The maximum Gasteiger partial charge on any atom is 0.410 e. The average Bonchev–Trinajstić information content (AvgIpc) is 2.79. The molecule has 27 heavy (non-hydrogen) atoms. The summed E-state index contributed by atoms with van der Waals surface area (Å²) in [7, 11) is 0. The largest absolute Gasteiger partial charge is 0.445 e. The van der Waals surface area contributed by atoms with Crippen molar-refractivity contribution in [2.45, 2.75) is 59.2 Å². The van der Waals surface area contributed by atoms with Crippen LogP contribution in [0.5, 0.6) is 0 Å². The summed E-state index contributed by atoms with van der Waals surface area (Å²) in [6.45, 7) is 7.39. The Hall–Kier alpha value is -2.69. The molecule has 1 aliphatic heterocycles. The number of ketones is 2. The summed E-state index contributed by atoms with van der Waals surface area (Å²) < 4.78 is 5.50. The minimum atomic E-state index is -0.417. The zero-order valence-corrected chi connectivity index (χ0v) is 16.2. The van der Waals surface area contributed by atoms with E-state index in [0.29, 0.717) is 35.1 Å². The van der Waals surface area contributed by atoms with Gasteiger partial charge in [0.15, 0.2) is 11.6 Å². The molecule has 0 unspecified atom stereocenters. The number of allylic oxidation sites excluding steroid dienone is 2. The molecule has 0 N–H and O–H groups in total. The number of Topliss-reactive ketones (excluding diaryl/α,β-unsaturated/α-hetero) is 2. The summed E-state index contributed by atoms with van der Waals surface area (Å²) in [6.07, 6.45) is 0.324. The molecule has 1 amide bonds. The van der Waals surface area contributed by atoms with Crippen LogP contribution in [0.15, 0.2) is 52.6 Å². The summed E-state index contributed by atoms with van der Waals surface area (Å²) >= 11 is 0. The van der Waals surface area contributed by atoms with E-state index in [2.05, 4.69) is 0 Å². The van der Waals surface area contributed by atoms with Crippen LogP contribution in [0.2, 0.25) is 0 Å². The predicted octanol–water partition coefficient (Wildman–Crippen LogP) is 3.98. The van der Waals surface area contributed by atoms with E-state index in [0.717, 1.165) is 5.56 Å². The molecule has 0 spiro atoms. The summed E-state index contributed by atoms with van der Waals surface area (Å²) in [5.74, 6) is -0.138. The van der Waals surface area contributed by atoms with Crippen molar-refractivity contribution in [1.82, 2.24) is 4.90 Å². The van der Waals surface area contributed by atoms with E-state index in [1.165, 1.54) is 0 Å². The van der Waals surface area contributed by atoms with E-state index >= 15 is 0 Å². The molecule has 2 aliphatic rings. The fourth-order valence-corrected chi connectivity index (χ4v) is 3.87. The molecule has 0 aromatic heterocycles. The Kier molecular flexibility index (Phi) is 5.31. The van der Waals surface area contributed by atoms with Crippen molar-refractivity contribution < 1.29 is 19.1 Å². The Morgan fingerprint density at radius 1 is 0.963 bits per heavy atom. The number of ether oxygens (including phenoxy) is 1. The number of carbonyl (C=O) groups excluding carboxylic acids is 3. The summed E-state index contributed by atoms with van der Waals surface area (Å²) in [5.41, 5.74) is 3.05. The molecule has 1 aromatic carbocycles. The lowest BCUT2D eigenvalue weighted by molar-refractivity contribution is -0.116. The monoisotopic (exact) mass is 367 g/mol. The van der Waals surface area contributed by atoms with Crippen LogP contribution in [0.1, 0.15) is 46.1 Å². The van der Waals surface area contributed by atoms with E-state index in [1.807, 2.05) is 44.2 Å². The quantitative estimate of drug-likeness (QED) is 0.742. The maximum absolute atomic E-state index is 12.7. The van der Waals surface area contributed by atoms with Gasteiger partial charge in [-0.05, 0) is 46.1 Å². The Balaban J connectivity index is 1.78. The topological polar surface area (TPSA) is 63.7 Å². The SMILES string of the molecule is CC1=C(C)C(=O)C2=C(C[C@@H](C)N(C(=O)OCc3ccccc3)[C@@H](C)C2)C1=O. The van der Waals surface area contributed by atoms with E-state index in [-0.39, 0.29) is 30.3 Å². The molecular formula is C22H25NO4. The van der Waals surface area contributed by atoms with E-state index in [4.69, 9.17) is 4.74 Å². The molecule has 0 radical (unpaired) electrons. The van der Waals surface area contributed by atoms with Crippen LogP contribution in [0.25, 0.3) is 0 Å². The van der Waals surface area contributed by atoms with Gasteiger partial charge >= 0.3 is 6.09 Å². The molecule has 3 rings (SSSR count). The average molecular weight is 367 g/mol. The third kappa shape index (κ3) is 3.59. The smallest absolute Gasteiger partial charge is 0.410 e. The fraction of sp³-hybridized carbons (Fsp3) is 0.409. The van der Waals surface area contributed by atoms with Crippen molar-refractivity contribution in [3.8, 4) is 0 Å². The molecule has 142 valence electrons. The zero-order valence-electron chi connectivity index (χ0n) is 16.2. The van der Waals surface area contributed by atoms with Crippen molar-refractivity contribution in [3.63, 3.8) is 0 Å². The Labute approximate surface area is 159 Å². The van der Waals surface area contributed by atoms with Gasteiger partial charge in [0.2, 0.25) is 0 Å². The van der Waals surface area contributed by atoms with Gasteiger partial charge < -0.3 is 9.64 Å². The van der Waals surface area contributed by atoms with Crippen LogP contribution in [-0.4, -0.2) is 34.6 Å². The number of amides is 1. The van der Waals surface area contributed by atoms with Crippen molar-refractivity contribution >= 4 is 17.7 Å². The van der Waals surface area contributed by atoms with Gasteiger partial charge in [0, 0.05) is 34.4 Å². The number of carbonyl (C=O) groups is 3. The van der Waals surface area contributed by atoms with Gasteiger partial charge in [-0.1, -0.05) is 30.3 Å². The first-order valence-electron chi connectivity index (χ1n) is 9.29. The number of hydrogen-bond donors (Lipinski definition) is 0. The first kappa shape index (κ1) is 19.1. The maximum atomic E-state index is 12.7. The van der Waals surface area contributed by atoms with Crippen LogP contribution in [-0.2, 0) is 20.9 Å². The minimum absolute atomic E-state index is 0.0688. The van der Waals surface area contributed by atoms with Crippen molar-refractivity contribution in [3.05, 3.63) is 58.2 Å². The second kappa shape index (κ2) is 7.51. The number of hydrogen-bond acceptors (Lipinski definition) is 4. The third-order valence-corrected chi connectivity index (χ3v) is 5.52. The predicted molar refractivity (Wildman–Crippen MR) is 102 cm³/mol. The third-order valence-electron chi connectivity index (χ3n) is 5.52. The van der Waals surface area contributed by atoms with Gasteiger partial charge in [-0.25, -0.2) is 4.79 Å². The first-order valence-corrected chi connectivity index (χ1v) is 9.29. The normalized spacial score (nSPS) is 23.3. The van der Waals surface area contributed by atoms with Gasteiger partial charge in [0.1, 0.15) is 6.61 Å². The van der Waals surface area contributed by atoms with Crippen LogP contribution in [0.4, 0.5) is 4.79 Å². The number of benzene rings is 1. The molecular weight excluding hydrogens is 342 g/mol. The number of rotatable bonds is 2. The molecule has 0 saturated heterocycles. The molecule has 1 aromatic rings. The zero-order chi connectivity index (χ0) is 19.7. The Morgan fingerprint density at radius 3 is 1.93 bits per heavy atom. The second-order valence-electron chi connectivity index (χ2n) is 7.42. The van der Waals surface area contributed by atoms with E-state index < -0.39 is 6.09 Å². The lowest BCUT2D eigenvalue weighted by Crippen LogP contribution is -2.44. The van der Waals surface area contributed by atoms with Crippen molar-refractivity contribution in [2.75, 3.05) is 0 Å². The molecule has 0 saturated carbocycles.